The molecule has 0 saturated carbocycles. The molecule has 18 heavy (non-hydrogen) atoms. The first kappa shape index (κ1) is 13.6. The van der Waals surface area contributed by atoms with Crippen LogP contribution in [0.1, 0.15) is 19.3 Å². The third-order valence-electron chi connectivity index (χ3n) is 3.52. The van der Waals surface area contributed by atoms with E-state index in [0.29, 0.717) is 18.9 Å². The van der Waals surface area contributed by atoms with Crippen LogP contribution in [0.2, 0.25) is 0 Å². The molecule has 0 aromatic rings. The van der Waals surface area contributed by atoms with Gasteiger partial charge >= 0.3 is 6.03 Å². The molecule has 0 radical (unpaired) electrons. The van der Waals surface area contributed by atoms with Crippen molar-refractivity contribution in [3.05, 3.63) is 0 Å². The molecule has 2 amide bonds. The topological polar surface area (TPSA) is 87.3 Å². The molecule has 2 aliphatic rings. The highest BCUT2D eigenvalue weighted by Gasteiger charge is 2.28. The quantitative estimate of drug-likeness (QED) is 0.646. The van der Waals surface area contributed by atoms with Crippen LogP contribution in [-0.2, 0) is 9.84 Å². The fraction of sp³-hybridized carbons (Fsp3) is 0.909. The van der Waals surface area contributed by atoms with Crippen LogP contribution in [0.15, 0.2) is 0 Å². The van der Waals surface area contributed by atoms with Crippen LogP contribution in [-0.4, -0.2) is 51.6 Å². The van der Waals surface area contributed by atoms with E-state index in [0.717, 1.165) is 25.9 Å². The lowest BCUT2D eigenvalue weighted by molar-refractivity contribution is 0.234. The lowest BCUT2D eigenvalue weighted by Crippen LogP contribution is -2.45. The molecule has 0 bridgehead atoms. The molecule has 2 atom stereocenters. The molecule has 3 N–H and O–H groups in total. The fourth-order valence-electron chi connectivity index (χ4n) is 2.48. The van der Waals surface area contributed by atoms with E-state index < -0.39 is 9.84 Å². The Bertz CT molecular complexity index is 390. The molecule has 0 aromatic carbocycles. The minimum Gasteiger partial charge on any atom is -0.338 e. The average molecular weight is 275 g/mol. The second-order valence-electron chi connectivity index (χ2n) is 5.17. The van der Waals surface area contributed by atoms with Gasteiger partial charge in [-0.3, -0.25) is 0 Å². The maximum absolute atomic E-state index is 11.6. The van der Waals surface area contributed by atoms with Gasteiger partial charge in [0.1, 0.15) is 0 Å². The van der Waals surface area contributed by atoms with Crippen molar-refractivity contribution in [2.45, 2.75) is 25.3 Å². The van der Waals surface area contributed by atoms with E-state index in [1.807, 2.05) is 0 Å². The van der Waals surface area contributed by atoms with E-state index in [1.54, 1.807) is 0 Å². The van der Waals surface area contributed by atoms with Gasteiger partial charge in [-0.2, -0.15) is 0 Å². The third kappa shape index (κ3) is 4.13. The van der Waals surface area contributed by atoms with Crippen LogP contribution in [0.25, 0.3) is 0 Å². The van der Waals surface area contributed by atoms with Gasteiger partial charge in [0.2, 0.25) is 0 Å². The van der Waals surface area contributed by atoms with E-state index in [2.05, 4.69) is 16.0 Å². The lowest BCUT2D eigenvalue weighted by Gasteiger charge is -2.23. The van der Waals surface area contributed by atoms with E-state index in [9.17, 15) is 13.2 Å². The molecule has 0 aliphatic carbocycles. The van der Waals surface area contributed by atoms with Crippen LogP contribution in [0.3, 0.4) is 0 Å². The predicted molar refractivity (Wildman–Crippen MR) is 69.2 cm³/mol. The normalized spacial score (nSPS) is 30.9. The molecule has 0 aromatic heterocycles. The summed E-state index contributed by atoms with van der Waals surface area (Å²) in [5.41, 5.74) is 0. The number of carbonyl (C=O) groups excluding carboxylic acids is 1. The van der Waals surface area contributed by atoms with Gasteiger partial charge in [0.15, 0.2) is 9.84 Å². The van der Waals surface area contributed by atoms with E-state index >= 15 is 0 Å². The van der Waals surface area contributed by atoms with Crippen molar-refractivity contribution >= 4 is 15.9 Å². The Morgan fingerprint density at radius 1 is 1.33 bits per heavy atom. The van der Waals surface area contributed by atoms with Crippen molar-refractivity contribution < 1.29 is 13.2 Å². The number of rotatable bonds is 3. The number of piperidine rings is 1. The summed E-state index contributed by atoms with van der Waals surface area (Å²) in [5, 5.41) is 8.84. The van der Waals surface area contributed by atoms with Crippen molar-refractivity contribution in [1.29, 1.82) is 0 Å². The van der Waals surface area contributed by atoms with Gasteiger partial charge in [-0.1, -0.05) is 0 Å². The summed E-state index contributed by atoms with van der Waals surface area (Å²) in [6.45, 7) is 2.65. The number of sulfone groups is 1. The Morgan fingerprint density at radius 2 is 2.17 bits per heavy atom. The highest BCUT2D eigenvalue weighted by atomic mass is 32.2. The van der Waals surface area contributed by atoms with Crippen molar-refractivity contribution in [1.82, 2.24) is 16.0 Å². The van der Waals surface area contributed by atoms with Crippen LogP contribution in [0.5, 0.6) is 0 Å². The second-order valence-corrected chi connectivity index (χ2v) is 7.40. The summed E-state index contributed by atoms with van der Waals surface area (Å²) in [7, 11) is -2.93. The molecular formula is C11H21N3O3S. The first-order valence-corrected chi connectivity index (χ1v) is 8.33. The molecular weight excluding hydrogens is 254 g/mol. The molecule has 2 fully saturated rings. The second kappa shape index (κ2) is 5.88. The number of hydrogen-bond acceptors (Lipinski definition) is 4. The fourth-order valence-corrected chi connectivity index (χ4v) is 4.15. The minimum atomic E-state index is -2.93. The van der Waals surface area contributed by atoms with Crippen LogP contribution >= 0.6 is 0 Å². The van der Waals surface area contributed by atoms with E-state index in [4.69, 9.17) is 0 Å². The van der Waals surface area contributed by atoms with Gasteiger partial charge in [0, 0.05) is 12.6 Å². The molecule has 2 unspecified atom stereocenters. The van der Waals surface area contributed by atoms with Gasteiger partial charge in [-0.15, -0.1) is 0 Å². The first-order chi connectivity index (χ1) is 8.55. The maximum Gasteiger partial charge on any atom is 0.315 e. The van der Waals surface area contributed by atoms with Gasteiger partial charge in [0.05, 0.1) is 11.5 Å². The standard InChI is InChI=1S/C11H21N3O3S/c15-11(13-7-9-2-1-4-12-6-9)14-10-3-5-18(16,17)8-10/h9-10,12H,1-8H2,(H2,13,14,15). The summed E-state index contributed by atoms with van der Waals surface area (Å²) >= 11 is 0. The summed E-state index contributed by atoms with van der Waals surface area (Å²) in [6.07, 6.45) is 2.81. The maximum atomic E-state index is 11.6. The molecule has 2 saturated heterocycles. The zero-order valence-electron chi connectivity index (χ0n) is 10.4. The number of hydrogen-bond donors (Lipinski definition) is 3. The summed E-state index contributed by atoms with van der Waals surface area (Å²) in [5.74, 6) is 0.743. The largest absolute Gasteiger partial charge is 0.338 e. The summed E-state index contributed by atoms with van der Waals surface area (Å²) < 4.78 is 22.5. The molecule has 6 nitrogen and oxygen atoms in total. The van der Waals surface area contributed by atoms with Crippen LogP contribution < -0.4 is 16.0 Å². The van der Waals surface area contributed by atoms with Gasteiger partial charge in [-0.05, 0) is 38.3 Å². The van der Waals surface area contributed by atoms with Gasteiger partial charge in [-0.25, -0.2) is 13.2 Å². The van der Waals surface area contributed by atoms with Crippen LogP contribution in [0.4, 0.5) is 4.79 Å². The molecule has 2 heterocycles. The summed E-state index contributed by atoms with van der Waals surface area (Å²) in [6, 6.07) is -0.470. The Kier molecular flexibility index (Phi) is 4.45. The molecule has 2 rings (SSSR count). The van der Waals surface area contributed by atoms with Crippen molar-refractivity contribution in [2.75, 3.05) is 31.1 Å². The Balaban J connectivity index is 1.66. The van der Waals surface area contributed by atoms with Crippen LogP contribution in [0, 0.1) is 5.92 Å². The molecule has 2 aliphatic heterocycles. The zero-order chi connectivity index (χ0) is 13.0. The Morgan fingerprint density at radius 3 is 2.78 bits per heavy atom. The highest BCUT2D eigenvalue weighted by Crippen LogP contribution is 2.11. The molecule has 0 spiro atoms. The van der Waals surface area contributed by atoms with Gasteiger partial charge < -0.3 is 16.0 Å². The highest BCUT2D eigenvalue weighted by molar-refractivity contribution is 7.91. The predicted octanol–water partition coefficient (Wildman–Crippen LogP) is -0.528. The number of urea groups is 1. The Hall–Kier alpha value is -0.820. The first-order valence-electron chi connectivity index (χ1n) is 6.51. The van der Waals surface area contributed by atoms with E-state index in [1.165, 1.54) is 0 Å². The van der Waals surface area contributed by atoms with Crippen molar-refractivity contribution in [2.24, 2.45) is 5.92 Å². The smallest absolute Gasteiger partial charge is 0.315 e. The van der Waals surface area contributed by atoms with Crippen molar-refractivity contribution in [3.63, 3.8) is 0 Å². The third-order valence-corrected chi connectivity index (χ3v) is 5.29. The number of carbonyl (C=O) groups is 1. The minimum absolute atomic E-state index is 0.0748. The van der Waals surface area contributed by atoms with E-state index in [-0.39, 0.29) is 23.6 Å². The van der Waals surface area contributed by atoms with Crippen molar-refractivity contribution in [3.8, 4) is 0 Å². The monoisotopic (exact) mass is 275 g/mol. The Labute approximate surface area is 108 Å². The van der Waals surface area contributed by atoms with Gasteiger partial charge in [0.25, 0.3) is 0 Å². The lowest BCUT2D eigenvalue weighted by atomic mass is 10.00. The number of nitrogens with one attached hydrogen (secondary N) is 3. The average Bonchev–Trinajstić information content (AvgIpc) is 2.67. The number of amides is 2. The molecule has 7 heteroatoms. The summed E-state index contributed by atoms with van der Waals surface area (Å²) in [4.78, 5) is 11.6. The zero-order valence-corrected chi connectivity index (χ0v) is 11.3. The molecule has 104 valence electrons. The SMILES string of the molecule is O=C(NCC1CCCNC1)NC1CCS(=O)(=O)C1.